The lowest BCUT2D eigenvalue weighted by molar-refractivity contribution is -0.384. The van der Waals surface area contributed by atoms with Crippen LogP contribution >= 0.6 is 0 Å². The zero-order chi connectivity index (χ0) is 25.6. The lowest BCUT2D eigenvalue weighted by Crippen LogP contribution is -2.40. The standard InChI is InChI=1S/C25H15N3O7S/c29-14-15-10-16-12-19(28(32)33)13-22-23(16)21(11-15)24(30)27(25(22)31)18-6-8-20(9-7-18)36(34,35)26-17-4-2-1-3-5-17/h1-14,26H. The molecule has 4 aromatic rings. The third-order valence-electron chi connectivity index (χ3n) is 5.70. The van der Waals surface area contributed by atoms with Crippen molar-refractivity contribution in [2.45, 2.75) is 4.90 Å². The monoisotopic (exact) mass is 501 g/mol. The van der Waals surface area contributed by atoms with Crippen molar-refractivity contribution < 1.29 is 27.7 Å². The minimum absolute atomic E-state index is 0.0292. The lowest BCUT2D eigenvalue weighted by Gasteiger charge is -2.27. The predicted molar refractivity (Wildman–Crippen MR) is 131 cm³/mol. The second kappa shape index (κ2) is 8.40. The number of amides is 2. The molecule has 0 aliphatic carbocycles. The number of hydrogen-bond donors (Lipinski definition) is 1. The first-order chi connectivity index (χ1) is 17.2. The molecule has 0 spiro atoms. The first-order valence-corrected chi connectivity index (χ1v) is 12.0. The van der Waals surface area contributed by atoms with Gasteiger partial charge in [0.15, 0.2) is 0 Å². The highest BCUT2D eigenvalue weighted by atomic mass is 32.2. The van der Waals surface area contributed by atoms with Gasteiger partial charge in [0.25, 0.3) is 27.5 Å². The van der Waals surface area contributed by atoms with E-state index < -0.39 is 26.8 Å². The van der Waals surface area contributed by atoms with E-state index >= 15 is 0 Å². The lowest BCUT2D eigenvalue weighted by atomic mass is 9.91. The number of benzene rings is 4. The van der Waals surface area contributed by atoms with Crippen molar-refractivity contribution in [3.05, 3.63) is 106 Å². The van der Waals surface area contributed by atoms with Crippen LogP contribution in [0.4, 0.5) is 17.1 Å². The Morgan fingerprint density at radius 1 is 0.861 bits per heavy atom. The fourth-order valence-electron chi connectivity index (χ4n) is 4.10. The number of rotatable bonds is 6. The maximum Gasteiger partial charge on any atom is 0.270 e. The number of non-ortho nitro benzene ring substituents is 1. The maximum atomic E-state index is 13.3. The highest BCUT2D eigenvalue weighted by Crippen LogP contribution is 2.36. The summed E-state index contributed by atoms with van der Waals surface area (Å²) in [5.74, 6) is -1.55. The summed E-state index contributed by atoms with van der Waals surface area (Å²) >= 11 is 0. The Morgan fingerprint density at radius 2 is 1.50 bits per heavy atom. The van der Waals surface area contributed by atoms with Crippen LogP contribution in [-0.4, -0.2) is 31.4 Å². The van der Waals surface area contributed by atoms with Crippen LogP contribution in [-0.2, 0) is 10.0 Å². The Morgan fingerprint density at radius 3 is 2.11 bits per heavy atom. The summed E-state index contributed by atoms with van der Waals surface area (Å²) in [6, 6.07) is 18.3. The van der Waals surface area contributed by atoms with E-state index in [2.05, 4.69) is 4.72 Å². The average Bonchev–Trinajstić information content (AvgIpc) is 2.87. The van der Waals surface area contributed by atoms with Gasteiger partial charge in [-0.2, -0.15) is 0 Å². The van der Waals surface area contributed by atoms with Crippen molar-refractivity contribution in [1.82, 2.24) is 0 Å². The number of aldehydes is 1. The average molecular weight is 501 g/mol. The van der Waals surface area contributed by atoms with Crippen LogP contribution in [0.25, 0.3) is 10.8 Å². The molecule has 0 bridgehead atoms. The molecule has 4 aromatic carbocycles. The summed E-state index contributed by atoms with van der Waals surface area (Å²) in [7, 11) is -3.95. The van der Waals surface area contributed by atoms with Gasteiger partial charge in [-0.25, -0.2) is 13.3 Å². The van der Waals surface area contributed by atoms with Crippen molar-refractivity contribution in [3.8, 4) is 0 Å². The summed E-state index contributed by atoms with van der Waals surface area (Å²) < 4.78 is 27.9. The van der Waals surface area contributed by atoms with E-state index in [-0.39, 0.29) is 43.7 Å². The molecule has 1 heterocycles. The minimum Gasteiger partial charge on any atom is -0.298 e. The summed E-state index contributed by atoms with van der Waals surface area (Å²) in [5.41, 5.74) is 0.114. The number of carbonyl (C=O) groups excluding carboxylic acids is 3. The van der Waals surface area contributed by atoms with Gasteiger partial charge in [-0.05, 0) is 53.9 Å². The second-order valence-electron chi connectivity index (χ2n) is 7.95. The summed E-state index contributed by atoms with van der Waals surface area (Å²) in [6.45, 7) is 0. The minimum atomic E-state index is -3.95. The highest BCUT2D eigenvalue weighted by molar-refractivity contribution is 7.92. The third kappa shape index (κ3) is 3.77. The Kier molecular flexibility index (Phi) is 5.33. The van der Waals surface area contributed by atoms with Crippen LogP contribution in [0.2, 0.25) is 0 Å². The molecule has 11 heteroatoms. The Balaban J connectivity index is 1.57. The molecule has 0 saturated heterocycles. The van der Waals surface area contributed by atoms with Gasteiger partial charge in [-0.3, -0.25) is 29.2 Å². The van der Waals surface area contributed by atoms with Crippen LogP contribution in [0.15, 0.2) is 83.8 Å². The second-order valence-corrected chi connectivity index (χ2v) is 9.63. The molecule has 1 N–H and O–H groups in total. The summed E-state index contributed by atoms with van der Waals surface area (Å²) in [4.78, 5) is 49.6. The van der Waals surface area contributed by atoms with Crippen molar-refractivity contribution in [2.75, 3.05) is 9.62 Å². The molecule has 5 rings (SSSR count). The topological polar surface area (TPSA) is 144 Å². The zero-order valence-corrected chi connectivity index (χ0v) is 19.1. The van der Waals surface area contributed by atoms with Crippen molar-refractivity contribution in [3.63, 3.8) is 0 Å². The van der Waals surface area contributed by atoms with Gasteiger partial charge in [0.2, 0.25) is 0 Å². The van der Waals surface area contributed by atoms with Gasteiger partial charge in [0, 0.05) is 34.3 Å². The smallest absolute Gasteiger partial charge is 0.270 e. The van der Waals surface area contributed by atoms with Crippen LogP contribution in [0.1, 0.15) is 31.1 Å². The molecule has 0 saturated carbocycles. The molecule has 1 aliphatic heterocycles. The summed E-state index contributed by atoms with van der Waals surface area (Å²) in [6.07, 6.45) is 0.502. The van der Waals surface area contributed by atoms with Crippen LogP contribution in [0, 0.1) is 10.1 Å². The van der Waals surface area contributed by atoms with E-state index in [1.165, 1.54) is 42.5 Å². The highest BCUT2D eigenvalue weighted by Gasteiger charge is 2.36. The molecule has 0 atom stereocenters. The van der Waals surface area contributed by atoms with Crippen molar-refractivity contribution >= 4 is 56.0 Å². The number of nitro groups is 1. The number of nitro benzene ring substituents is 1. The number of anilines is 2. The first-order valence-electron chi connectivity index (χ1n) is 10.5. The fourth-order valence-corrected chi connectivity index (χ4v) is 5.15. The van der Waals surface area contributed by atoms with Crippen LogP contribution in [0.5, 0.6) is 0 Å². The van der Waals surface area contributed by atoms with E-state index in [4.69, 9.17) is 0 Å². The van der Waals surface area contributed by atoms with Gasteiger partial charge in [-0.1, -0.05) is 18.2 Å². The molecule has 0 radical (unpaired) electrons. The van der Waals surface area contributed by atoms with Crippen molar-refractivity contribution in [2.24, 2.45) is 0 Å². The van der Waals surface area contributed by atoms with E-state index in [0.717, 1.165) is 11.0 Å². The number of para-hydroxylation sites is 1. The SMILES string of the molecule is O=Cc1cc2c3c(cc([N+](=O)[O-])cc3c1)C(=O)N(c1ccc(S(=O)(=O)Nc3ccccc3)cc1)C2=O. The quantitative estimate of drug-likeness (QED) is 0.181. The van der Waals surface area contributed by atoms with Gasteiger partial charge in [-0.15, -0.1) is 0 Å². The molecule has 36 heavy (non-hydrogen) atoms. The van der Waals surface area contributed by atoms with E-state index in [9.17, 15) is 32.9 Å². The maximum absolute atomic E-state index is 13.3. The molecule has 10 nitrogen and oxygen atoms in total. The van der Waals surface area contributed by atoms with E-state index in [1.54, 1.807) is 30.3 Å². The van der Waals surface area contributed by atoms with E-state index in [1.807, 2.05) is 0 Å². The fraction of sp³-hybridized carbons (Fsp3) is 0. The molecule has 178 valence electrons. The van der Waals surface area contributed by atoms with Gasteiger partial charge < -0.3 is 0 Å². The number of nitrogens with zero attached hydrogens (tertiary/aromatic N) is 2. The predicted octanol–water partition coefficient (Wildman–Crippen LogP) is 4.16. The number of imide groups is 1. The third-order valence-corrected chi connectivity index (χ3v) is 7.10. The number of carbonyl (C=O) groups is 3. The Bertz CT molecular complexity index is 1700. The largest absolute Gasteiger partial charge is 0.298 e. The molecule has 0 aromatic heterocycles. The molecule has 1 aliphatic rings. The molecular formula is C25H15N3O7S. The van der Waals surface area contributed by atoms with E-state index in [0.29, 0.717) is 12.0 Å². The molecular weight excluding hydrogens is 486 g/mol. The molecule has 0 fully saturated rings. The van der Waals surface area contributed by atoms with Crippen LogP contribution < -0.4 is 9.62 Å². The number of nitrogens with one attached hydrogen (secondary N) is 1. The first kappa shape index (κ1) is 22.9. The van der Waals surface area contributed by atoms with Crippen molar-refractivity contribution in [1.29, 1.82) is 0 Å². The van der Waals surface area contributed by atoms with Crippen LogP contribution in [0.3, 0.4) is 0 Å². The van der Waals surface area contributed by atoms with Gasteiger partial charge >= 0.3 is 0 Å². The zero-order valence-electron chi connectivity index (χ0n) is 18.2. The number of sulfonamides is 1. The Labute approximate surface area is 204 Å². The van der Waals surface area contributed by atoms with Gasteiger partial charge in [0.05, 0.1) is 21.1 Å². The summed E-state index contributed by atoms with van der Waals surface area (Å²) in [5, 5.41) is 11.9. The number of hydrogen-bond acceptors (Lipinski definition) is 7. The molecule has 2 amide bonds. The molecule has 0 unspecified atom stereocenters. The van der Waals surface area contributed by atoms with Gasteiger partial charge in [0.1, 0.15) is 6.29 Å². The normalized spacial score (nSPS) is 13.1. The Hall–Kier alpha value is -4.90.